The van der Waals surface area contributed by atoms with Crippen LogP contribution in [0.5, 0.6) is 0 Å². The molecule has 126 valence electrons. The Labute approximate surface area is 141 Å². The molecular formula is C18H22N4O2. The topological polar surface area (TPSA) is 76.0 Å². The van der Waals surface area contributed by atoms with Gasteiger partial charge in [-0.1, -0.05) is 6.92 Å². The van der Waals surface area contributed by atoms with Crippen LogP contribution in [0.3, 0.4) is 0 Å². The van der Waals surface area contributed by atoms with Crippen LogP contribution in [0.25, 0.3) is 5.69 Å². The molecule has 6 heteroatoms. The van der Waals surface area contributed by atoms with E-state index in [0.29, 0.717) is 13.0 Å². The maximum atomic E-state index is 12.5. The quantitative estimate of drug-likeness (QED) is 0.909. The van der Waals surface area contributed by atoms with E-state index in [1.54, 1.807) is 6.33 Å². The van der Waals surface area contributed by atoms with E-state index in [9.17, 15) is 9.59 Å². The number of hydrogen-bond acceptors (Lipinski definition) is 3. The summed E-state index contributed by atoms with van der Waals surface area (Å²) in [5.74, 6) is -0.181. The monoisotopic (exact) mass is 326 g/mol. The van der Waals surface area contributed by atoms with Crippen LogP contribution in [0.15, 0.2) is 30.6 Å². The van der Waals surface area contributed by atoms with Gasteiger partial charge >= 0.3 is 0 Å². The summed E-state index contributed by atoms with van der Waals surface area (Å²) >= 11 is 0. The number of hydrogen-bond donors (Lipinski definition) is 2. The lowest BCUT2D eigenvalue weighted by Crippen LogP contribution is -2.45. The zero-order valence-electron chi connectivity index (χ0n) is 14.2. The van der Waals surface area contributed by atoms with Crippen LogP contribution in [0.2, 0.25) is 0 Å². The van der Waals surface area contributed by atoms with Gasteiger partial charge in [0.25, 0.3) is 0 Å². The highest BCUT2D eigenvalue weighted by Gasteiger charge is 2.38. The Kier molecular flexibility index (Phi) is 4.13. The van der Waals surface area contributed by atoms with Gasteiger partial charge in [0.1, 0.15) is 0 Å². The van der Waals surface area contributed by atoms with Gasteiger partial charge in [-0.25, -0.2) is 4.98 Å². The van der Waals surface area contributed by atoms with Crippen molar-refractivity contribution in [2.75, 3.05) is 11.9 Å². The number of rotatable bonds is 3. The third-order valence-electron chi connectivity index (χ3n) is 4.75. The predicted octanol–water partition coefficient (Wildman–Crippen LogP) is 2.34. The smallest absolute Gasteiger partial charge is 0.230 e. The normalized spacial score (nSPS) is 20.5. The van der Waals surface area contributed by atoms with E-state index >= 15 is 0 Å². The molecule has 0 saturated carbocycles. The van der Waals surface area contributed by atoms with E-state index in [2.05, 4.69) is 15.6 Å². The molecule has 1 atom stereocenters. The number of carbonyl (C=O) groups excluding carboxylic acids is 2. The number of aromatic nitrogens is 2. The van der Waals surface area contributed by atoms with Crippen molar-refractivity contribution in [2.45, 2.75) is 33.6 Å². The summed E-state index contributed by atoms with van der Waals surface area (Å²) in [5.41, 5.74) is 3.15. The molecule has 6 nitrogen and oxygen atoms in total. The highest BCUT2D eigenvalue weighted by molar-refractivity contribution is 5.98. The van der Waals surface area contributed by atoms with E-state index in [1.807, 2.05) is 49.6 Å². The molecule has 1 aromatic heterocycles. The van der Waals surface area contributed by atoms with Crippen molar-refractivity contribution in [3.05, 3.63) is 42.0 Å². The molecular weight excluding hydrogens is 304 g/mol. The molecule has 2 heterocycles. The summed E-state index contributed by atoms with van der Waals surface area (Å²) in [6.07, 6.45) is 2.67. The van der Waals surface area contributed by atoms with Gasteiger partial charge in [-0.05, 0) is 44.5 Å². The Morgan fingerprint density at radius 3 is 2.58 bits per heavy atom. The van der Waals surface area contributed by atoms with Gasteiger partial charge in [0.2, 0.25) is 11.8 Å². The van der Waals surface area contributed by atoms with Crippen LogP contribution < -0.4 is 10.6 Å². The Morgan fingerprint density at radius 2 is 2.00 bits per heavy atom. The molecule has 0 radical (unpaired) electrons. The first-order valence-electron chi connectivity index (χ1n) is 8.08. The van der Waals surface area contributed by atoms with Gasteiger partial charge in [0, 0.05) is 30.0 Å². The average Bonchev–Trinajstić information content (AvgIpc) is 2.87. The first-order valence-corrected chi connectivity index (χ1v) is 8.08. The Bertz CT molecular complexity index is 779. The minimum absolute atomic E-state index is 0.0693. The van der Waals surface area contributed by atoms with Crippen molar-refractivity contribution in [1.29, 1.82) is 0 Å². The molecule has 2 N–H and O–H groups in total. The summed E-state index contributed by atoms with van der Waals surface area (Å²) in [5, 5.41) is 5.69. The molecule has 0 aliphatic carbocycles. The molecule has 1 saturated heterocycles. The van der Waals surface area contributed by atoms with Crippen LogP contribution in [0.4, 0.5) is 5.69 Å². The summed E-state index contributed by atoms with van der Waals surface area (Å²) in [6, 6.07) is 7.63. The summed E-state index contributed by atoms with van der Waals surface area (Å²) in [7, 11) is 0. The second kappa shape index (κ2) is 6.11. The van der Waals surface area contributed by atoms with Crippen molar-refractivity contribution in [3.63, 3.8) is 0 Å². The Morgan fingerprint density at radius 1 is 1.29 bits per heavy atom. The van der Waals surface area contributed by atoms with E-state index < -0.39 is 5.41 Å². The first kappa shape index (κ1) is 16.2. The molecule has 1 fully saturated rings. The summed E-state index contributed by atoms with van der Waals surface area (Å²) in [6.45, 7) is 6.38. The van der Waals surface area contributed by atoms with E-state index in [1.165, 1.54) is 0 Å². The average molecular weight is 326 g/mol. The molecule has 1 unspecified atom stereocenters. The van der Waals surface area contributed by atoms with Crippen LogP contribution in [-0.4, -0.2) is 27.9 Å². The SMILES string of the molecule is Cc1ncn(-c2ccc(NC(=O)C3(C)CCNC(=O)C3)cc2)c1C. The zero-order valence-corrected chi connectivity index (χ0v) is 14.2. The second-order valence-electron chi connectivity index (χ2n) is 6.62. The van der Waals surface area contributed by atoms with Gasteiger partial charge in [-0.15, -0.1) is 0 Å². The van der Waals surface area contributed by atoms with Crippen LogP contribution in [0.1, 0.15) is 31.2 Å². The number of nitrogens with zero attached hydrogens (tertiary/aromatic N) is 2. The molecule has 2 amide bonds. The Balaban J connectivity index is 1.73. The maximum absolute atomic E-state index is 12.5. The standard InChI is InChI=1S/C18H22N4O2/c1-12-13(2)22(11-20-12)15-6-4-14(5-7-15)21-17(24)18(3)8-9-19-16(23)10-18/h4-7,11H,8-10H2,1-3H3,(H,19,23)(H,21,24). The minimum Gasteiger partial charge on any atom is -0.356 e. The molecule has 3 rings (SSSR count). The predicted molar refractivity (Wildman–Crippen MR) is 92.0 cm³/mol. The third kappa shape index (κ3) is 3.04. The number of benzene rings is 1. The number of nitrogens with one attached hydrogen (secondary N) is 2. The fourth-order valence-electron chi connectivity index (χ4n) is 2.92. The van der Waals surface area contributed by atoms with E-state index in [-0.39, 0.29) is 18.2 Å². The molecule has 1 aliphatic rings. The molecule has 0 bridgehead atoms. The molecule has 1 aliphatic heterocycles. The minimum atomic E-state index is -0.654. The van der Waals surface area contributed by atoms with Crippen LogP contribution in [-0.2, 0) is 9.59 Å². The van der Waals surface area contributed by atoms with Gasteiger partial charge in [-0.3, -0.25) is 9.59 Å². The second-order valence-corrected chi connectivity index (χ2v) is 6.62. The van der Waals surface area contributed by atoms with Crippen molar-refractivity contribution >= 4 is 17.5 Å². The van der Waals surface area contributed by atoms with Gasteiger partial charge < -0.3 is 15.2 Å². The van der Waals surface area contributed by atoms with E-state index in [4.69, 9.17) is 0 Å². The van der Waals surface area contributed by atoms with Crippen molar-refractivity contribution < 1.29 is 9.59 Å². The number of imidazole rings is 1. The molecule has 2 aromatic rings. The van der Waals surface area contributed by atoms with Gasteiger partial charge in [0.05, 0.1) is 17.4 Å². The fraction of sp³-hybridized carbons (Fsp3) is 0.389. The largest absolute Gasteiger partial charge is 0.356 e. The lowest BCUT2D eigenvalue weighted by atomic mass is 9.79. The van der Waals surface area contributed by atoms with Gasteiger partial charge in [0.15, 0.2) is 0 Å². The fourth-order valence-corrected chi connectivity index (χ4v) is 2.92. The van der Waals surface area contributed by atoms with Crippen molar-refractivity contribution in [1.82, 2.24) is 14.9 Å². The molecule has 24 heavy (non-hydrogen) atoms. The van der Waals surface area contributed by atoms with Crippen LogP contribution in [0, 0.1) is 19.3 Å². The zero-order chi connectivity index (χ0) is 17.3. The first-order chi connectivity index (χ1) is 11.4. The number of anilines is 1. The van der Waals surface area contributed by atoms with Gasteiger partial charge in [-0.2, -0.15) is 0 Å². The van der Waals surface area contributed by atoms with Crippen molar-refractivity contribution in [2.24, 2.45) is 5.41 Å². The van der Waals surface area contributed by atoms with Crippen molar-refractivity contribution in [3.8, 4) is 5.69 Å². The maximum Gasteiger partial charge on any atom is 0.230 e. The molecule has 0 spiro atoms. The van der Waals surface area contributed by atoms with E-state index in [0.717, 1.165) is 22.8 Å². The lowest BCUT2D eigenvalue weighted by molar-refractivity contribution is -0.134. The number of amides is 2. The third-order valence-corrected chi connectivity index (χ3v) is 4.75. The number of piperidine rings is 1. The summed E-state index contributed by atoms with van der Waals surface area (Å²) in [4.78, 5) is 28.4. The number of aryl methyl sites for hydroxylation is 1. The summed E-state index contributed by atoms with van der Waals surface area (Å²) < 4.78 is 2.01. The van der Waals surface area contributed by atoms with Crippen LogP contribution >= 0.6 is 0 Å². The number of carbonyl (C=O) groups is 2. The highest BCUT2D eigenvalue weighted by Crippen LogP contribution is 2.30. The molecule has 1 aromatic carbocycles. The lowest BCUT2D eigenvalue weighted by Gasteiger charge is -2.31. The Hall–Kier alpha value is -2.63. The highest BCUT2D eigenvalue weighted by atomic mass is 16.2.